The molecule has 0 amide bonds. The van der Waals surface area contributed by atoms with Crippen molar-refractivity contribution in [2.45, 2.75) is 78.1 Å². The first-order valence-corrected chi connectivity index (χ1v) is 10.5. The highest BCUT2D eigenvalue weighted by atomic mass is 16.5. The molecule has 3 atom stereocenters. The second-order valence-corrected chi connectivity index (χ2v) is 8.27. The maximum atomic E-state index is 5.98. The average molecular weight is 323 g/mol. The molecular formula is C21H38O2. The van der Waals surface area contributed by atoms with Gasteiger partial charge in [-0.15, -0.1) is 0 Å². The zero-order chi connectivity index (χ0) is 16.1. The van der Waals surface area contributed by atoms with Crippen molar-refractivity contribution < 1.29 is 9.47 Å². The van der Waals surface area contributed by atoms with E-state index in [1.54, 1.807) is 0 Å². The summed E-state index contributed by atoms with van der Waals surface area (Å²) in [5.74, 6) is 3.72. The molecule has 3 saturated carbocycles. The van der Waals surface area contributed by atoms with Crippen LogP contribution in [0.4, 0.5) is 0 Å². The smallest absolute Gasteiger partial charge is 0.0499 e. The molecule has 0 aromatic carbocycles. The Bertz CT molecular complexity index is 346. The molecule has 23 heavy (non-hydrogen) atoms. The highest BCUT2D eigenvalue weighted by Crippen LogP contribution is 2.64. The van der Waals surface area contributed by atoms with Crippen LogP contribution >= 0.6 is 0 Å². The minimum atomic E-state index is 0.539. The van der Waals surface area contributed by atoms with Gasteiger partial charge in [0.15, 0.2) is 0 Å². The molecule has 3 aliphatic rings. The van der Waals surface area contributed by atoms with Gasteiger partial charge in [0.1, 0.15) is 0 Å². The van der Waals surface area contributed by atoms with E-state index in [4.69, 9.17) is 9.47 Å². The van der Waals surface area contributed by atoms with Gasteiger partial charge in [-0.1, -0.05) is 32.1 Å². The van der Waals surface area contributed by atoms with E-state index < -0.39 is 0 Å². The third kappa shape index (κ3) is 3.79. The Morgan fingerprint density at radius 1 is 0.826 bits per heavy atom. The van der Waals surface area contributed by atoms with E-state index in [1.807, 2.05) is 0 Å². The van der Waals surface area contributed by atoms with Crippen LogP contribution in [0, 0.1) is 29.1 Å². The lowest BCUT2D eigenvalue weighted by atomic mass is 9.53. The van der Waals surface area contributed by atoms with Gasteiger partial charge in [0.2, 0.25) is 0 Å². The summed E-state index contributed by atoms with van der Waals surface area (Å²) in [5, 5.41) is 0. The lowest BCUT2D eigenvalue weighted by Gasteiger charge is -2.53. The van der Waals surface area contributed by atoms with E-state index in [2.05, 4.69) is 13.8 Å². The van der Waals surface area contributed by atoms with Gasteiger partial charge in [-0.25, -0.2) is 0 Å². The summed E-state index contributed by atoms with van der Waals surface area (Å²) in [4.78, 5) is 0. The Morgan fingerprint density at radius 2 is 1.57 bits per heavy atom. The molecular weight excluding hydrogens is 284 g/mol. The van der Waals surface area contributed by atoms with Crippen molar-refractivity contribution in [1.82, 2.24) is 0 Å². The summed E-state index contributed by atoms with van der Waals surface area (Å²) in [6.07, 6.45) is 14.5. The zero-order valence-corrected chi connectivity index (χ0v) is 15.5. The molecule has 134 valence electrons. The number of ether oxygens (including phenoxy) is 2. The predicted molar refractivity (Wildman–Crippen MR) is 95.5 cm³/mol. The van der Waals surface area contributed by atoms with Gasteiger partial charge in [-0.3, -0.25) is 0 Å². The molecule has 0 saturated heterocycles. The summed E-state index contributed by atoms with van der Waals surface area (Å²) in [7, 11) is 0. The second-order valence-electron chi connectivity index (χ2n) is 8.27. The van der Waals surface area contributed by atoms with Crippen molar-refractivity contribution in [3.05, 3.63) is 0 Å². The molecule has 0 radical (unpaired) electrons. The molecule has 0 aliphatic heterocycles. The van der Waals surface area contributed by atoms with Crippen LogP contribution in [-0.2, 0) is 9.47 Å². The molecule has 0 spiro atoms. The molecule has 3 rings (SSSR count). The van der Waals surface area contributed by atoms with Crippen LogP contribution in [0.15, 0.2) is 0 Å². The first-order chi connectivity index (χ1) is 11.3. The molecule has 0 heterocycles. The lowest BCUT2D eigenvalue weighted by Crippen LogP contribution is -2.48. The maximum absolute atomic E-state index is 5.98. The predicted octanol–water partition coefficient (Wildman–Crippen LogP) is 5.45. The van der Waals surface area contributed by atoms with Crippen LogP contribution < -0.4 is 0 Å². The molecule has 0 bridgehead atoms. The van der Waals surface area contributed by atoms with Gasteiger partial charge in [-0.2, -0.15) is 0 Å². The highest BCUT2D eigenvalue weighted by Gasteiger charge is 2.57. The summed E-state index contributed by atoms with van der Waals surface area (Å²) >= 11 is 0. The van der Waals surface area contributed by atoms with Gasteiger partial charge in [0, 0.05) is 26.4 Å². The van der Waals surface area contributed by atoms with E-state index in [-0.39, 0.29) is 0 Å². The minimum absolute atomic E-state index is 0.539. The summed E-state index contributed by atoms with van der Waals surface area (Å²) in [6.45, 7) is 8.00. The standard InChI is InChI=1S/C21H38O2/c1-3-22-15-14-21(18-12-13-18)19(16-23-4-2)10-7-11-20(21)17-8-5-6-9-17/h17-20H,3-16H2,1-2H3. The van der Waals surface area contributed by atoms with Crippen LogP contribution in [-0.4, -0.2) is 26.4 Å². The molecule has 3 fully saturated rings. The fraction of sp³-hybridized carbons (Fsp3) is 1.00. The number of rotatable bonds is 9. The largest absolute Gasteiger partial charge is 0.382 e. The van der Waals surface area contributed by atoms with E-state index in [1.165, 1.54) is 64.2 Å². The summed E-state index contributed by atoms with van der Waals surface area (Å²) in [5.41, 5.74) is 0.539. The van der Waals surface area contributed by atoms with E-state index in [0.717, 1.165) is 50.1 Å². The summed E-state index contributed by atoms with van der Waals surface area (Å²) < 4.78 is 11.8. The molecule has 3 unspecified atom stereocenters. The van der Waals surface area contributed by atoms with Gasteiger partial charge in [0.25, 0.3) is 0 Å². The van der Waals surface area contributed by atoms with Gasteiger partial charge in [-0.05, 0) is 75.0 Å². The Kier molecular flexibility index (Phi) is 6.43. The Morgan fingerprint density at radius 3 is 2.22 bits per heavy atom. The van der Waals surface area contributed by atoms with E-state index >= 15 is 0 Å². The van der Waals surface area contributed by atoms with Crippen molar-refractivity contribution in [3.63, 3.8) is 0 Å². The van der Waals surface area contributed by atoms with Gasteiger partial charge in [0.05, 0.1) is 0 Å². The molecule has 3 aliphatic carbocycles. The highest BCUT2D eigenvalue weighted by molar-refractivity contribution is 5.06. The van der Waals surface area contributed by atoms with Crippen LogP contribution in [0.2, 0.25) is 0 Å². The fourth-order valence-corrected chi connectivity index (χ4v) is 6.20. The first-order valence-electron chi connectivity index (χ1n) is 10.5. The monoisotopic (exact) mass is 322 g/mol. The SMILES string of the molecule is CCOCCC1(C2CC2)C(COCC)CCCC1C1CCCC1. The topological polar surface area (TPSA) is 18.5 Å². The summed E-state index contributed by atoms with van der Waals surface area (Å²) in [6, 6.07) is 0. The van der Waals surface area contributed by atoms with Crippen LogP contribution in [0.1, 0.15) is 78.1 Å². The average Bonchev–Trinajstić information content (AvgIpc) is 3.29. The molecule has 0 N–H and O–H groups in total. The minimum Gasteiger partial charge on any atom is -0.382 e. The van der Waals surface area contributed by atoms with Crippen molar-refractivity contribution in [1.29, 1.82) is 0 Å². The Labute approximate surface area is 143 Å². The third-order valence-corrected chi connectivity index (χ3v) is 7.23. The number of hydrogen-bond acceptors (Lipinski definition) is 2. The normalized spacial score (nSPS) is 35.7. The quantitative estimate of drug-likeness (QED) is 0.525. The first kappa shape index (κ1) is 17.7. The zero-order valence-electron chi connectivity index (χ0n) is 15.5. The number of hydrogen-bond donors (Lipinski definition) is 0. The maximum Gasteiger partial charge on any atom is 0.0499 e. The van der Waals surface area contributed by atoms with Gasteiger partial charge >= 0.3 is 0 Å². The van der Waals surface area contributed by atoms with Crippen LogP contribution in [0.5, 0.6) is 0 Å². The third-order valence-electron chi connectivity index (χ3n) is 7.23. The molecule has 0 aromatic heterocycles. The second kappa shape index (κ2) is 8.34. The van der Waals surface area contributed by atoms with Crippen LogP contribution in [0.25, 0.3) is 0 Å². The fourth-order valence-electron chi connectivity index (χ4n) is 6.20. The van der Waals surface area contributed by atoms with Crippen LogP contribution in [0.3, 0.4) is 0 Å². The van der Waals surface area contributed by atoms with Crippen molar-refractivity contribution >= 4 is 0 Å². The molecule has 2 nitrogen and oxygen atoms in total. The molecule has 0 aromatic rings. The van der Waals surface area contributed by atoms with Crippen molar-refractivity contribution in [3.8, 4) is 0 Å². The van der Waals surface area contributed by atoms with Crippen molar-refractivity contribution in [2.24, 2.45) is 29.1 Å². The van der Waals surface area contributed by atoms with E-state index in [0.29, 0.717) is 5.41 Å². The molecule has 2 heteroatoms. The lowest BCUT2D eigenvalue weighted by molar-refractivity contribution is -0.0849. The van der Waals surface area contributed by atoms with Gasteiger partial charge < -0.3 is 9.47 Å². The van der Waals surface area contributed by atoms with E-state index in [9.17, 15) is 0 Å². The van der Waals surface area contributed by atoms with Crippen molar-refractivity contribution in [2.75, 3.05) is 26.4 Å². The Balaban J connectivity index is 1.81. The Hall–Kier alpha value is -0.0800.